The lowest BCUT2D eigenvalue weighted by molar-refractivity contribution is -0.0177. The molecule has 2 unspecified atom stereocenters. The Morgan fingerprint density at radius 1 is 1.29 bits per heavy atom. The number of benzene rings is 1. The second-order valence-corrected chi connectivity index (χ2v) is 6.30. The molecule has 0 aromatic heterocycles. The Balaban J connectivity index is 1.80. The topological polar surface area (TPSA) is 75.6 Å². The lowest BCUT2D eigenvalue weighted by Gasteiger charge is -2.14. The summed E-state index contributed by atoms with van der Waals surface area (Å²) in [5.41, 5.74) is 3.59. The first-order valence-corrected chi connectivity index (χ1v) is 7.19. The third-order valence-corrected chi connectivity index (χ3v) is 4.36. The van der Waals surface area contributed by atoms with Crippen molar-refractivity contribution in [2.24, 2.45) is 0 Å². The fourth-order valence-corrected chi connectivity index (χ4v) is 3.47. The van der Waals surface area contributed by atoms with E-state index in [2.05, 4.69) is 5.48 Å². The predicted molar refractivity (Wildman–Crippen MR) is 62.8 cm³/mol. The fraction of sp³-hybridized carbons (Fsp3) is 0.455. The summed E-state index contributed by atoms with van der Waals surface area (Å²) in [4.78, 5) is 5.19. The summed E-state index contributed by atoms with van der Waals surface area (Å²) in [6.45, 7) is 0.337. The van der Waals surface area contributed by atoms with Gasteiger partial charge < -0.3 is 5.11 Å². The van der Waals surface area contributed by atoms with Crippen molar-refractivity contribution in [3.8, 4) is 0 Å². The van der Waals surface area contributed by atoms with E-state index in [9.17, 15) is 13.5 Å². The summed E-state index contributed by atoms with van der Waals surface area (Å²) < 4.78 is 22.5. The lowest BCUT2D eigenvalue weighted by atomic mass is 10.2. The van der Waals surface area contributed by atoms with Gasteiger partial charge in [-0.15, -0.1) is 0 Å². The van der Waals surface area contributed by atoms with E-state index >= 15 is 0 Å². The van der Waals surface area contributed by atoms with Gasteiger partial charge in [0.25, 0.3) is 0 Å². The highest BCUT2D eigenvalue weighted by atomic mass is 32.2. The molecule has 1 aromatic rings. The maximum Gasteiger partial charge on any atom is 0.154 e. The molecule has 0 spiro atoms. The molecule has 94 valence electrons. The SMILES string of the molecule is O=S1(=O)CC(O)C(NOCc2ccccc2)C1. The molecule has 2 N–H and O–H groups in total. The minimum atomic E-state index is -3.13. The number of sulfone groups is 1. The van der Waals surface area contributed by atoms with E-state index in [0.29, 0.717) is 6.61 Å². The number of aliphatic hydroxyl groups excluding tert-OH is 1. The molecule has 1 aliphatic heterocycles. The van der Waals surface area contributed by atoms with Gasteiger partial charge in [0.05, 0.1) is 30.3 Å². The summed E-state index contributed by atoms with van der Waals surface area (Å²) in [6.07, 6.45) is -0.893. The van der Waals surface area contributed by atoms with Crippen LogP contribution in [0.15, 0.2) is 30.3 Å². The van der Waals surface area contributed by atoms with Gasteiger partial charge in [0, 0.05) is 0 Å². The van der Waals surface area contributed by atoms with Crippen LogP contribution in [0.2, 0.25) is 0 Å². The molecule has 2 rings (SSSR count). The van der Waals surface area contributed by atoms with Crippen molar-refractivity contribution >= 4 is 9.84 Å². The van der Waals surface area contributed by atoms with Gasteiger partial charge in [-0.3, -0.25) is 4.84 Å². The van der Waals surface area contributed by atoms with Crippen molar-refractivity contribution in [1.29, 1.82) is 0 Å². The Hall–Kier alpha value is -0.950. The van der Waals surface area contributed by atoms with E-state index < -0.39 is 22.0 Å². The predicted octanol–water partition coefficient (Wildman–Crippen LogP) is -0.134. The zero-order valence-corrected chi connectivity index (χ0v) is 10.1. The Bertz CT molecular complexity index is 460. The molecule has 5 nitrogen and oxygen atoms in total. The maximum absolute atomic E-state index is 11.2. The number of aliphatic hydroxyl groups is 1. The number of hydrogen-bond acceptors (Lipinski definition) is 5. The molecule has 0 aliphatic carbocycles. The molecular formula is C11H15NO4S. The van der Waals surface area contributed by atoms with Crippen molar-refractivity contribution in [1.82, 2.24) is 5.48 Å². The summed E-state index contributed by atoms with van der Waals surface area (Å²) in [6, 6.07) is 8.97. The quantitative estimate of drug-likeness (QED) is 0.735. The molecule has 0 amide bonds. The molecule has 6 heteroatoms. The van der Waals surface area contributed by atoms with Gasteiger partial charge in [0.15, 0.2) is 9.84 Å². The van der Waals surface area contributed by atoms with Crippen LogP contribution in [0.25, 0.3) is 0 Å². The molecule has 0 saturated carbocycles. The highest BCUT2D eigenvalue weighted by Gasteiger charge is 2.36. The Morgan fingerprint density at radius 2 is 2.00 bits per heavy atom. The normalized spacial score (nSPS) is 27.1. The molecule has 2 atom stereocenters. The zero-order valence-electron chi connectivity index (χ0n) is 9.24. The molecule has 1 heterocycles. The average molecular weight is 257 g/mol. The van der Waals surface area contributed by atoms with Crippen LogP contribution in [0.5, 0.6) is 0 Å². The zero-order chi connectivity index (χ0) is 12.3. The van der Waals surface area contributed by atoms with Crippen LogP contribution in [0, 0.1) is 0 Å². The van der Waals surface area contributed by atoms with Crippen molar-refractivity contribution in [3.05, 3.63) is 35.9 Å². The smallest absolute Gasteiger partial charge is 0.154 e. The average Bonchev–Trinajstić information content (AvgIpc) is 2.53. The number of hydrogen-bond donors (Lipinski definition) is 2. The number of hydroxylamine groups is 1. The molecule has 1 aliphatic rings. The van der Waals surface area contributed by atoms with Gasteiger partial charge in [-0.2, -0.15) is 5.48 Å². The van der Waals surface area contributed by atoms with Gasteiger partial charge in [0.2, 0.25) is 0 Å². The minimum Gasteiger partial charge on any atom is -0.390 e. The van der Waals surface area contributed by atoms with E-state index in [1.54, 1.807) is 0 Å². The summed E-state index contributed by atoms with van der Waals surface area (Å²) in [5, 5.41) is 9.50. The largest absolute Gasteiger partial charge is 0.390 e. The van der Waals surface area contributed by atoms with Gasteiger partial charge in [0.1, 0.15) is 0 Å². The van der Waals surface area contributed by atoms with E-state index in [1.165, 1.54) is 0 Å². The van der Waals surface area contributed by atoms with Crippen LogP contribution in [0.4, 0.5) is 0 Å². The van der Waals surface area contributed by atoms with Crippen LogP contribution in [-0.4, -0.2) is 37.2 Å². The van der Waals surface area contributed by atoms with E-state index in [4.69, 9.17) is 4.84 Å². The van der Waals surface area contributed by atoms with E-state index in [1.807, 2.05) is 30.3 Å². The summed E-state index contributed by atoms with van der Waals surface area (Å²) >= 11 is 0. The highest BCUT2D eigenvalue weighted by molar-refractivity contribution is 7.91. The number of rotatable bonds is 4. The number of nitrogens with one attached hydrogen (secondary N) is 1. The molecule has 1 saturated heterocycles. The van der Waals surface area contributed by atoms with Crippen molar-refractivity contribution in [2.75, 3.05) is 11.5 Å². The summed E-state index contributed by atoms with van der Waals surface area (Å²) in [5.74, 6) is -0.275. The standard InChI is InChI=1S/C11H15NO4S/c13-11-8-17(14,15)7-10(11)12-16-6-9-4-2-1-3-5-9/h1-5,10-13H,6-8H2. The minimum absolute atomic E-state index is 0.0804. The third kappa shape index (κ3) is 3.50. The first kappa shape index (κ1) is 12.5. The van der Waals surface area contributed by atoms with Crippen molar-refractivity contribution in [3.63, 3.8) is 0 Å². The van der Waals surface area contributed by atoms with Crippen LogP contribution in [-0.2, 0) is 21.3 Å². The fourth-order valence-electron chi connectivity index (χ4n) is 1.75. The molecule has 1 fully saturated rings. The Kier molecular flexibility index (Phi) is 3.78. The van der Waals surface area contributed by atoms with Crippen LogP contribution < -0.4 is 5.48 Å². The first-order chi connectivity index (χ1) is 8.07. The van der Waals surface area contributed by atoms with E-state index in [0.717, 1.165) is 5.56 Å². The van der Waals surface area contributed by atoms with Gasteiger partial charge in [-0.1, -0.05) is 30.3 Å². The van der Waals surface area contributed by atoms with Gasteiger partial charge in [-0.05, 0) is 5.56 Å². The van der Waals surface area contributed by atoms with Crippen LogP contribution >= 0.6 is 0 Å². The Morgan fingerprint density at radius 3 is 2.59 bits per heavy atom. The second kappa shape index (κ2) is 5.14. The lowest BCUT2D eigenvalue weighted by Crippen LogP contribution is -2.38. The molecule has 0 radical (unpaired) electrons. The Labute approximate surface area is 100 Å². The van der Waals surface area contributed by atoms with Crippen molar-refractivity contribution < 1.29 is 18.4 Å². The molecule has 0 bridgehead atoms. The third-order valence-electron chi connectivity index (χ3n) is 2.64. The van der Waals surface area contributed by atoms with E-state index in [-0.39, 0.29) is 11.5 Å². The first-order valence-electron chi connectivity index (χ1n) is 5.36. The molecule has 17 heavy (non-hydrogen) atoms. The highest BCUT2D eigenvalue weighted by Crippen LogP contribution is 2.12. The van der Waals surface area contributed by atoms with Crippen LogP contribution in [0.3, 0.4) is 0 Å². The molecule has 1 aromatic carbocycles. The maximum atomic E-state index is 11.2. The second-order valence-electron chi connectivity index (χ2n) is 4.14. The van der Waals surface area contributed by atoms with Crippen molar-refractivity contribution in [2.45, 2.75) is 18.8 Å². The molecular weight excluding hydrogens is 242 g/mol. The van der Waals surface area contributed by atoms with Gasteiger partial charge in [-0.25, -0.2) is 8.42 Å². The monoisotopic (exact) mass is 257 g/mol. The summed E-state index contributed by atoms with van der Waals surface area (Å²) in [7, 11) is -3.13. The van der Waals surface area contributed by atoms with Crippen LogP contribution in [0.1, 0.15) is 5.56 Å². The van der Waals surface area contributed by atoms with Gasteiger partial charge >= 0.3 is 0 Å².